The van der Waals surface area contributed by atoms with Gasteiger partial charge in [0.05, 0.1) is 17.0 Å². The molecule has 0 radical (unpaired) electrons. The van der Waals surface area contributed by atoms with E-state index in [9.17, 15) is 8.42 Å². The van der Waals surface area contributed by atoms with Gasteiger partial charge in [0, 0.05) is 31.5 Å². The van der Waals surface area contributed by atoms with Crippen LogP contribution in [0.4, 0.5) is 5.95 Å². The Bertz CT molecular complexity index is 825. The van der Waals surface area contributed by atoms with E-state index >= 15 is 0 Å². The van der Waals surface area contributed by atoms with Gasteiger partial charge in [0.2, 0.25) is 16.0 Å². The topological polar surface area (TPSA) is 84.4 Å². The van der Waals surface area contributed by atoms with Gasteiger partial charge in [-0.15, -0.1) is 0 Å². The summed E-state index contributed by atoms with van der Waals surface area (Å²) in [4.78, 5) is 10.6. The second kappa shape index (κ2) is 7.55. The second-order valence-corrected chi connectivity index (χ2v) is 7.85. The van der Waals surface area contributed by atoms with Crippen molar-refractivity contribution in [3.8, 4) is 5.75 Å². The highest BCUT2D eigenvalue weighted by molar-refractivity contribution is 7.89. The summed E-state index contributed by atoms with van der Waals surface area (Å²) in [6.07, 6.45) is 4.76. The van der Waals surface area contributed by atoms with E-state index in [0.717, 1.165) is 0 Å². The average molecular weight is 383 g/mol. The van der Waals surface area contributed by atoms with E-state index in [1.165, 1.54) is 19.2 Å². The molecule has 25 heavy (non-hydrogen) atoms. The Hall–Kier alpha value is -1.90. The number of halogens is 1. The normalized spacial score (nSPS) is 16.0. The molecule has 0 saturated carbocycles. The maximum Gasteiger partial charge on any atom is 0.240 e. The van der Waals surface area contributed by atoms with Crippen LogP contribution < -0.4 is 14.4 Å². The van der Waals surface area contributed by atoms with E-state index < -0.39 is 10.0 Å². The number of nitrogens with zero attached hydrogens (tertiary/aromatic N) is 3. The smallest absolute Gasteiger partial charge is 0.240 e. The number of rotatable bonds is 5. The molecule has 1 aromatic heterocycles. The molecule has 3 rings (SSSR count). The molecule has 1 fully saturated rings. The monoisotopic (exact) mass is 382 g/mol. The number of hydrogen-bond acceptors (Lipinski definition) is 6. The molecule has 1 aromatic carbocycles. The van der Waals surface area contributed by atoms with E-state index in [1.807, 2.05) is 0 Å². The van der Waals surface area contributed by atoms with Crippen LogP contribution in [0.2, 0.25) is 5.02 Å². The molecule has 1 aliphatic rings. The maximum absolute atomic E-state index is 12.6. The third-order valence-electron chi connectivity index (χ3n) is 4.09. The summed E-state index contributed by atoms with van der Waals surface area (Å²) in [5, 5.41) is 0.265. The van der Waals surface area contributed by atoms with E-state index in [0.29, 0.717) is 37.6 Å². The highest BCUT2D eigenvalue weighted by Gasteiger charge is 2.26. The molecule has 0 unspecified atom stereocenters. The Balaban J connectivity index is 1.64. The number of sulfonamides is 1. The molecule has 0 atom stereocenters. The zero-order chi connectivity index (χ0) is 17.9. The lowest BCUT2D eigenvalue weighted by Crippen LogP contribution is -2.45. The molecular weight excluding hydrogens is 364 g/mol. The molecule has 0 spiro atoms. The fourth-order valence-corrected chi connectivity index (χ4v) is 4.41. The van der Waals surface area contributed by atoms with Crippen molar-refractivity contribution in [3.63, 3.8) is 0 Å². The molecule has 1 saturated heterocycles. The van der Waals surface area contributed by atoms with E-state index in [1.54, 1.807) is 24.5 Å². The van der Waals surface area contributed by atoms with E-state index in [2.05, 4.69) is 19.6 Å². The van der Waals surface area contributed by atoms with Gasteiger partial charge < -0.3 is 9.64 Å². The average Bonchev–Trinajstić information content (AvgIpc) is 2.62. The van der Waals surface area contributed by atoms with Crippen LogP contribution in [-0.2, 0) is 10.0 Å². The minimum atomic E-state index is -3.63. The lowest BCUT2D eigenvalue weighted by atomic mass is 10.1. The molecule has 2 aromatic rings. The first kappa shape index (κ1) is 17.9. The van der Waals surface area contributed by atoms with E-state index in [4.69, 9.17) is 16.3 Å². The third-order valence-corrected chi connectivity index (χ3v) is 5.90. The number of methoxy groups -OCH3 is 1. The van der Waals surface area contributed by atoms with Gasteiger partial charge in [-0.2, -0.15) is 0 Å². The summed E-state index contributed by atoms with van der Waals surface area (Å²) < 4.78 is 32.9. The zero-order valence-electron chi connectivity index (χ0n) is 13.7. The molecule has 134 valence electrons. The van der Waals surface area contributed by atoms with Crippen LogP contribution >= 0.6 is 11.6 Å². The molecule has 0 bridgehead atoms. The first-order chi connectivity index (χ1) is 12.0. The molecule has 9 heteroatoms. The summed E-state index contributed by atoms with van der Waals surface area (Å²) in [6, 6.07) is 6.07. The van der Waals surface area contributed by atoms with Crippen LogP contribution in [0.1, 0.15) is 12.8 Å². The quantitative estimate of drug-likeness (QED) is 0.852. The van der Waals surface area contributed by atoms with Crippen LogP contribution in [0, 0.1) is 0 Å². The van der Waals surface area contributed by atoms with Crippen molar-refractivity contribution in [2.75, 3.05) is 25.1 Å². The van der Waals surface area contributed by atoms with Gasteiger partial charge in [-0.05, 0) is 37.1 Å². The fraction of sp³-hybridized carbons (Fsp3) is 0.375. The number of nitrogens with one attached hydrogen (secondary N) is 1. The molecular formula is C16H19ClN4O3S. The van der Waals surface area contributed by atoms with Gasteiger partial charge in [-0.3, -0.25) is 0 Å². The molecule has 1 aliphatic heterocycles. The highest BCUT2D eigenvalue weighted by Crippen LogP contribution is 2.27. The van der Waals surface area contributed by atoms with Gasteiger partial charge in [-0.1, -0.05) is 11.6 Å². The van der Waals surface area contributed by atoms with Gasteiger partial charge in [0.1, 0.15) is 5.75 Å². The number of anilines is 1. The van der Waals surface area contributed by atoms with Crippen molar-refractivity contribution >= 4 is 27.6 Å². The fourth-order valence-electron chi connectivity index (χ4n) is 2.75. The van der Waals surface area contributed by atoms with Crippen LogP contribution in [-0.4, -0.2) is 44.6 Å². The zero-order valence-corrected chi connectivity index (χ0v) is 15.3. The van der Waals surface area contributed by atoms with Gasteiger partial charge >= 0.3 is 0 Å². The van der Waals surface area contributed by atoms with Gasteiger partial charge in [0.15, 0.2) is 0 Å². The first-order valence-electron chi connectivity index (χ1n) is 7.87. The van der Waals surface area contributed by atoms with Crippen LogP contribution in [0.5, 0.6) is 5.75 Å². The summed E-state index contributed by atoms with van der Waals surface area (Å²) in [5.41, 5.74) is 0. The Labute approximate surface area is 152 Å². The minimum Gasteiger partial charge on any atom is -0.495 e. The summed E-state index contributed by atoms with van der Waals surface area (Å²) >= 11 is 6.03. The standard InChI is InChI=1S/C16H19ClN4O3S/c1-24-15-4-3-13(11-14(15)17)25(22,23)20-12-5-9-21(10-6-12)16-18-7-2-8-19-16/h2-4,7-8,11-12,20H,5-6,9-10H2,1H3. The van der Waals surface area contributed by atoms with Gasteiger partial charge in [-0.25, -0.2) is 23.1 Å². The van der Waals surface area contributed by atoms with Crippen molar-refractivity contribution in [2.24, 2.45) is 0 Å². The SMILES string of the molecule is COc1ccc(S(=O)(=O)NC2CCN(c3ncccn3)CC2)cc1Cl. The number of ether oxygens (including phenoxy) is 1. The predicted octanol–water partition coefficient (Wildman–Crippen LogP) is 2.09. The van der Waals surface area contributed by atoms with Crippen molar-refractivity contribution < 1.29 is 13.2 Å². The molecule has 7 nitrogen and oxygen atoms in total. The minimum absolute atomic E-state index is 0.132. The number of hydrogen-bond donors (Lipinski definition) is 1. The Morgan fingerprint density at radius 2 is 1.92 bits per heavy atom. The van der Waals surface area contributed by atoms with Crippen molar-refractivity contribution in [1.82, 2.24) is 14.7 Å². The number of aromatic nitrogens is 2. The number of piperidine rings is 1. The predicted molar refractivity (Wildman–Crippen MR) is 95.6 cm³/mol. The van der Waals surface area contributed by atoms with Crippen molar-refractivity contribution in [2.45, 2.75) is 23.8 Å². The van der Waals surface area contributed by atoms with Crippen molar-refractivity contribution in [1.29, 1.82) is 0 Å². The molecule has 2 heterocycles. The second-order valence-electron chi connectivity index (χ2n) is 5.73. The van der Waals surface area contributed by atoms with Crippen LogP contribution in [0.25, 0.3) is 0 Å². The maximum atomic E-state index is 12.6. The Morgan fingerprint density at radius 3 is 2.52 bits per heavy atom. The lowest BCUT2D eigenvalue weighted by Gasteiger charge is -2.32. The lowest BCUT2D eigenvalue weighted by molar-refractivity contribution is 0.414. The van der Waals surface area contributed by atoms with E-state index in [-0.39, 0.29) is 16.0 Å². The summed E-state index contributed by atoms with van der Waals surface area (Å²) in [6.45, 7) is 1.39. The Morgan fingerprint density at radius 1 is 1.24 bits per heavy atom. The molecule has 0 amide bonds. The summed E-state index contributed by atoms with van der Waals surface area (Å²) in [5.74, 6) is 1.11. The molecule has 0 aliphatic carbocycles. The Kier molecular flexibility index (Phi) is 5.41. The summed E-state index contributed by atoms with van der Waals surface area (Å²) in [7, 11) is -2.15. The molecule has 1 N–H and O–H groups in total. The van der Waals surface area contributed by atoms with Crippen LogP contribution in [0.15, 0.2) is 41.6 Å². The van der Waals surface area contributed by atoms with Crippen molar-refractivity contribution in [3.05, 3.63) is 41.7 Å². The highest BCUT2D eigenvalue weighted by atomic mass is 35.5. The van der Waals surface area contributed by atoms with Crippen LogP contribution in [0.3, 0.4) is 0 Å². The number of benzene rings is 1. The first-order valence-corrected chi connectivity index (χ1v) is 9.73. The largest absolute Gasteiger partial charge is 0.495 e. The third kappa shape index (κ3) is 4.20. The van der Waals surface area contributed by atoms with Gasteiger partial charge in [0.25, 0.3) is 0 Å².